The summed E-state index contributed by atoms with van der Waals surface area (Å²) in [6.45, 7) is 8.13. The average molecular weight is 520 g/mol. The highest BCUT2D eigenvalue weighted by atomic mass is 19.1. The molecule has 200 valence electrons. The van der Waals surface area contributed by atoms with Gasteiger partial charge >= 0.3 is 0 Å². The van der Waals surface area contributed by atoms with Crippen LogP contribution >= 0.6 is 0 Å². The van der Waals surface area contributed by atoms with Crippen LogP contribution in [0.25, 0.3) is 22.3 Å². The zero-order chi connectivity index (χ0) is 27.0. The normalized spacial score (nSPS) is 19.8. The van der Waals surface area contributed by atoms with Crippen LogP contribution in [0.5, 0.6) is 0 Å². The lowest BCUT2D eigenvalue weighted by atomic mass is 9.76. The highest BCUT2D eigenvalue weighted by molar-refractivity contribution is 5.83. The number of aromatic nitrogens is 5. The molecule has 0 radical (unpaired) electrons. The third-order valence-electron chi connectivity index (χ3n) is 7.86. The van der Waals surface area contributed by atoms with Crippen LogP contribution in [-0.4, -0.2) is 37.1 Å². The van der Waals surface area contributed by atoms with Crippen LogP contribution in [-0.2, 0) is 6.42 Å². The van der Waals surface area contributed by atoms with Gasteiger partial charge in [-0.15, -0.1) is 0 Å². The molecule has 7 nitrogen and oxygen atoms in total. The molecule has 0 aliphatic heterocycles. The molecular formula is C29H35F2N7. The molecule has 1 aliphatic rings. The van der Waals surface area contributed by atoms with Crippen molar-refractivity contribution in [2.45, 2.75) is 71.4 Å². The van der Waals surface area contributed by atoms with E-state index in [-0.39, 0.29) is 28.7 Å². The van der Waals surface area contributed by atoms with Gasteiger partial charge in [-0.2, -0.15) is 0 Å². The second-order valence-corrected chi connectivity index (χ2v) is 11.0. The average Bonchev–Trinajstić information content (AvgIpc) is 3.24. The fraction of sp³-hybridized carbons (Fsp3) is 0.448. The van der Waals surface area contributed by atoms with Gasteiger partial charge in [0, 0.05) is 23.3 Å². The van der Waals surface area contributed by atoms with E-state index in [9.17, 15) is 8.78 Å². The summed E-state index contributed by atoms with van der Waals surface area (Å²) in [7, 11) is 2.05. The molecule has 1 aliphatic carbocycles. The Kier molecular flexibility index (Phi) is 7.13. The largest absolute Gasteiger partial charge is 0.326 e. The van der Waals surface area contributed by atoms with E-state index < -0.39 is 11.6 Å². The molecule has 1 aromatic carbocycles. The van der Waals surface area contributed by atoms with Gasteiger partial charge in [0.25, 0.3) is 0 Å². The predicted molar refractivity (Wildman–Crippen MR) is 146 cm³/mol. The Hall–Kier alpha value is -3.46. The number of nitrogens with zero attached hydrogens (tertiary/aromatic N) is 5. The first-order valence-corrected chi connectivity index (χ1v) is 13.3. The van der Waals surface area contributed by atoms with E-state index in [1.165, 1.54) is 37.3 Å². The van der Waals surface area contributed by atoms with Gasteiger partial charge in [-0.3, -0.25) is 0 Å². The van der Waals surface area contributed by atoms with E-state index in [2.05, 4.69) is 43.6 Å². The summed E-state index contributed by atoms with van der Waals surface area (Å²) < 4.78 is 31.7. The molecule has 0 amide bonds. The second-order valence-electron chi connectivity index (χ2n) is 11.0. The van der Waals surface area contributed by atoms with Gasteiger partial charge in [0.15, 0.2) is 11.6 Å². The number of imidazole rings is 1. The smallest absolute Gasteiger partial charge is 0.229 e. The van der Waals surface area contributed by atoms with Gasteiger partial charge in [-0.1, -0.05) is 6.07 Å². The lowest BCUT2D eigenvalue weighted by molar-refractivity contribution is 0.216. The minimum absolute atomic E-state index is 0.0138. The van der Waals surface area contributed by atoms with E-state index in [1.54, 1.807) is 6.07 Å². The van der Waals surface area contributed by atoms with E-state index in [1.807, 2.05) is 44.6 Å². The molecule has 4 aromatic rings. The first kappa shape index (κ1) is 26.2. The van der Waals surface area contributed by atoms with Crippen LogP contribution in [0.4, 0.5) is 20.5 Å². The number of nitrogens with one attached hydrogen (secondary N) is 2. The maximum Gasteiger partial charge on any atom is 0.229 e. The summed E-state index contributed by atoms with van der Waals surface area (Å²) in [5.74, 6) is 0.965. The molecule has 0 atom stereocenters. The Balaban J connectivity index is 1.33. The quantitative estimate of drug-likeness (QED) is 0.290. The Morgan fingerprint density at radius 3 is 2.47 bits per heavy atom. The molecule has 2 N–H and O–H groups in total. The summed E-state index contributed by atoms with van der Waals surface area (Å²) in [5.41, 5.74) is 2.65. The van der Waals surface area contributed by atoms with Crippen molar-refractivity contribution in [3.8, 4) is 11.3 Å². The molecule has 1 fully saturated rings. The summed E-state index contributed by atoms with van der Waals surface area (Å²) in [4.78, 5) is 17.3. The van der Waals surface area contributed by atoms with Crippen molar-refractivity contribution >= 4 is 22.8 Å². The topological polar surface area (TPSA) is 80.5 Å². The zero-order valence-corrected chi connectivity index (χ0v) is 22.6. The van der Waals surface area contributed by atoms with Crippen molar-refractivity contribution in [2.24, 2.45) is 5.92 Å². The summed E-state index contributed by atoms with van der Waals surface area (Å²) in [5, 5.41) is 6.51. The van der Waals surface area contributed by atoms with E-state index in [0.717, 1.165) is 12.6 Å². The number of pyridine rings is 1. The molecule has 3 heterocycles. The molecule has 0 bridgehead atoms. The van der Waals surface area contributed by atoms with Gasteiger partial charge < -0.3 is 15.2 Å². The van der Waals surface area contributed by atoms with Gasteiger partial charge in [-0.05, 0) is 96.5 Å². The second kappa shape index (κ2) is 10.4. The van der Waals surface area contributed by atoms with Crippen molar-refractivity contribution in [3.63, 3.8) is 0 Å². The van der Waals surface area contributed by atoms with E-state index in [0.29, 0.717) is 28.6 Å². The van der Waals surface area contributed by atoms with Crippen LogP contribution in [0.2, 0.25) is 0 Å². The fourth-order valence-corrected chi connectivity index (χ4v) is 5.52. The Morgan fingerprint density at radius 2 is 1.82 bits per heavy atom. The van der Waals surface area contributed by atoms with Crippen LogP contribution in [0.3, 0.4) is 0 Å². The highest BCUT2D eigenvalue weighted by Gasteiger charge is 2.29. The zero-order valence-electron chi connectivity index (χ0n) is 22.6. The van der Waals surface area contributed by atoms with Gasteiger partial charge in [-0.25, -0.2) is 28.7 Å². The van der Waals surface area contributed by atoms with Crippen molar-refractivity contribution in [2.75, 3.05) is 12.4 Å². The Morgan fingerprint density at radius 1 is 1.05 bits per heavy atom. The Labute approximate surface area is 222 Å². The third kappa shape index (κ3) is 5.25. The number of hydrogen-bond donors (Lipinski definition) is 2. The van der Waals surface area contributed by atoms with Crippen LogP contribution in [0.1, 0.15) is 63.9 Å². The number of halogens is 2. The third-order valence-corrected chi connectivity index (χ3v) is 7.86. The van der Waals surface area contributed by atoms with Crippen LogP contribution < -0.4 is 10.6 Å². The number of rotatable bonds is 7. The van der Waals surface area contributed by atoms with Gasteiger partial charge in [0.05, 0.1) is 11.7 Å². The van der Waals surface area contributed by atoms with Crippen LogP contribution in [0, 0.1) is 24.5 Å². The van der Waals surface area contributed by atoms with Crippen molar-refractivity contribution < 1.29 is 8.78 Å². The number of hydrogen-bond acceptors (Lipinski definition) is 6. The number of fused-ring (bicyclic) bond motifs is 1. The lowest BCUT2D eigenvalue weighted by Gasteiger charge is -2.37. The molecule has 0 spiro atoms. The fourth-order valence-electron chi connectivity index (χ4n) is 5.52. The molecule has 1 saturated carbocycles. The van der Waals surface area contributed by atoms with Gasteiger partial charge in [0.1, 0.15) is 22.9 Å². The van der Waals surface area contributed by atoms with E-state index in [4.69, 9.17) is 0 Å². The molecule has 38 heavy (non-hydrogen) atoms. The first-order chi connectivity index (χ1) is 18.2. The van der Waals surface area contributed by atoms with Gasteiger partial charge in [0.2, 0.25) is 5.95 Å². The molecule has 3 aromatic heterocycles. The van der Waals surface area contributed by atoms with Crippen molar-refractivity contribution in [1.29, 1.82) is 0 Å². The summed E-state index contributed by atoms with van der Waals surface area (Å²) in [6, 6.07) is 7.02. The predicted octanol–water partition coefficient (Wildman–Crippen LogP) is 6.51. The Bertz CT molecular complexity index is 1440. The molecular weight excluding hydrogens is 484 g/mol. The minimum Gasteiger partial charge on any atom is -0.326 e. The van der Waals surface area contributed by atoms with Crippen molar-refractivity contribution in [3.05, 3.63) is 59.7 Å². The maximum atomic E-state index is 15.0. The first-order valence-electron chi connectivity index (χ1n) is 13.3. The lowest BCUT2D eigenvalue weighted by Crippen LogP contribution is -2.43. The highest BCUT2D eigenvalue weighted by Crippen LogP contribution is 2.34. The molecule has 5 rings (SSSR count). The standard InChI is InChI=1S/C29H35F2N7/c1-17(2)38-18(3)35-27-22(30)13-21(14-24(27)38)26-23(31)16-34-28(37-26)36-25-7-6-20(15-33-25)12-19-8-10-29(4,32-5)11-9-19/h6-7,13-17,19,32H,8-12H2,1-5H3,(H,33,34,36,37). The molecule has 0 saturated heterocycles. The SMILES string of the molecule is CNC1(C)CCC(Cc2ccc(Nc3ncc(F)c(-c4cc(F)c5nc(C)n(C(C)C)c5c4)n3)nc2)CC1. The monoisotopic (exact) mass is 519 g/mol. The summed E-state index contributed by atoms with van der Waals surface area (Å²) >= 11 is 0. The molecule has 9 heteroatoms. The number of benzene rings is 1. The van der Waals surface area contributed by atoms with E-state index >= 15 is 0 Å². The van der Waals surface area contributed by atoms with Crippen LogP contribution in [0.15, 0.2) is 36.7 Å². The summed E-state index contributed by atoms with van der Waals surface area (Å²) in [6.07, 6.45) is 8.74. The minimum atomic E-state index is -0.633. The molecule has 0 unspecified atom stereocenters. The maximum absolute atomic E-state index is 15.0. The number of anilines is 2. The van der Waals surface area contributed by atoms with Crippen molar-refractivity contribution in [1.82, 2.24) is 29.8 Å². The number of aryl methyl sites for hydroxylation is 1.